The minimum absolute atomic E-state index is 0.00556. The van der Waals surface area contributed by atoms with Crippen LogP contribution in [0.1, 0.15) is 24.6 Å². The predicted molar refractivity (Wildman–Crippen MR) is 127 cm³/mol. The van der Waals surface area contributed by atoms with E-state index >= 15 is 0 Å². The molecule has 0 spiro atoms. The van der Waals surface area contributed by atoms with Crippen molar-refractivity contribution in [1.29, 1.82) is 0 Å². The Labute approximate surface area is 208 Å². The van der Waals surface area contributed by atoms with Gasteiger partial charge in [-0.05, 0) is 44.0 Å². The maximum absolute atomic E-state index is 13.5. The summed E-state index contributed by atoms with van der Waals surface area (Å²) in [6.07, 6.45) is -3.08. The van der Waals surface area contributed by atoms with E-state index in [4.69, 9.17) is 4.74 Å². The Morgan fingerprint density at radius 2 is 1.81 bits per heavy atom. The van der Waals surface area contributed by atoms with Crippen molar-refractivity contribution in [3.8, 4) is 17.5 Å². The van der Waals surface area contributed by atoms with Gasteiger partial charge < -0.3 is 14.6 Å². The van der Waals surface area contributed by atoms with E-state index in [0.717, 1.165) is 22.4 Å². The topological polar surface area (TPSA) is 113 Å². The fraction of sp³-hybridized carbons (Fsp3) is 0.333. The zero-order valence-corrected chi connectivity index (χ0v) is 20.0. The van der Waals surface area contributed by atoms with Crippen LogP contribution in [0.4, 0.5) is 13.2 Å². The minimum Gasteiger partial charge on any atom is -0.425 e. The second-order valence-corrected chi connectivity index (χ2v) is 8.15. The lowest BCUT2D eigenvalue weighted by Gasteiger charge is -2.13. The van der Waals surface area contributed by atoms with Gasteiger partial charge in [0.25, 0.3) is 5.56 Å². The molecule has 0 unspecified atom stereocenters. The number of rotatable bonds is 9. The van der Waals surface area contributed by atoms with Gasteiger partial charge in [0.05, 0.1) is 6.54 Å². The fourth-order valence-corrected chi connectivity index (χ4v) is 3.82. The molecule has 0 aliphatic rings. The number of halogens is 3. The van der Waals surface area contributed by atoms with Crippen molar-refractivity contribution in [2.45, 2.75) is 46.3 Å². The highest BCUT2D eigenvalue weighted by Crippen LogP contribution is 2.30. The normalized spacial score (nSPS) is 11.7. The van der Waals surface area contributed by atoms with E-state index in [1.54, 1.807) is 25.3 Å². The molecule has 0 aliphatic heterocycles. The number of fused-ring (bicyclic) bond motifs is 1. The molecule has 1 N–H and O–H groups in total. The first-order chi connectivity index (χ1) is 17.6. The molecule has 196 valence electrons. The molecule has 0 atom stereocenters. The van der Waals surface area contributed by atoms with E-state index in [1.165, 1.54) is 21.3 Å². The lowest BCUT2D eigenvalue weighted by molar-refractivity contribution is -0.274. The molecule has 0 radical (unpaired) electrons. The van der Waals surface area contributed by atoms with Crippen LogP contribution in [-0.2, 0) is 19.6 Å². The van der Waals surface area contributed by atoms with Crippen molar-refractivity contribution >= 4 is 11.2 Å². The maximum Gasteiger partial charge on any atom is 0.573 e. The van der Waals surface area contributed by atoms with E-state index in [2.05, 4.69) is 14.7 Å². The third kappa shape index (κ3) is 5.66. The van der Waals surface area contributed by atoms with E-state index in [1.807, 2.05) is 6.92 Å². The molecule has 0 fully saturated rings. The molecule has 0 bridgehead atoms. The summed E-state index contributed by atoms with van der Waals surface area (Å²) in [5.41, 5.74) is 0.382. The molecule has 10 nitrogen and oxygen atoms in total. The quantitative estimate of drug-likeness (QED) is 0.361. The average molecular weight is 519 g/mol. The van der Waals surface area contributed by atoms with Gasteiger partial charge in [-0.2, -0.15) is 4.98 Å². The first-order valence-corrected chi connectivity index (χ1v) is 11.4. The highest BCUT2D eigenvalue weighted by atomic mass is 19.4. The number of alkyl halides is 3. The molecule has 4 aromatic rings. The van der Waals surface area contributed by atoms with Crippen molar-refractivity contribution in [2.24, 2.45) is 0 Å². The van der Waals surface area contributed by atoms with Gasteiger partial charge in [0.15, 0.2) is 11.2 Å². The number of nitrogens with zero attached hydrogens (tertiary/aromatic N) is 5. The zero-order chi connectivity index (χ0) is 26.7. The van der Waals surface area contributed by atoms with Gasteiger partial charge in [0, 0.05) is 37.7 Å². The van der Waals surface area contributed by atoms with Crippen LogP contribution in [0, 0.1) is 6.92 Å². The molecule has 0 saturated heterocycles. The molecular weight excluding hydrogens is 495 g/mol. The van der Waals surface area contributed by atoms with Crippen LogP contribution in [0.25, 0.3) is 11.2 Å². The van der Waals surface area contributed by atoms with Crippen LogP contribution < -0.4 is 20.7 Å². The average Bonchev–Trinajstić information content (AvgIpc) is 3.17. The van der Waals surface area contributed by atoms with Crippen LogP contribution in [-0.4, -0.2) is 41.7 Å². The summed E-state index contributed by atoms with van der Waals surface area (Å²) in [6.45, 7) is 3.58. The van der Waals surface area contributed by atoms with Crippen LogP contribution in [0.15, 0.2) is 52.2 Å². The SMILES string of the molecule is CCn1c(=O)n(CCCO)c(=O)c2c1nc(Oc1cccc(OC(F)(F)F)c1)n2Cc1ccc(C)nc1. The molecule has 4 rings (SSSR count). The Morgan fingerprint density at radius 3 is 2.46 bits per heavy atom. The van der Waals surface area contributed by atoms with E-state index in [0.29, 0.717) is 5.56 Å². The van der Waals surface area contributed by atoms with Gasteiger partial charge >= 0.3 is 18.1 Å². The Balaban J connectivity index is 1.90. The summed E-state index contributed by atoms with van der Waals surface area (Å²) in [5.74, 6) is -0.515. The van der Waals surface area contributed by atoms with E-state index < -0.39 is 23.4 Å². The lowest BCUT2D eigenvalue weighted by Crippen LogP contribution is -2.40. The first kappa shape index (κ1) is 25.9. The largest absolute Gasteiger partial charge is 0.573 e. The van der Waals surface area contributed by atoms with Gasteiger partial charge in [-0.15, -0.1) is 13.2 Å². The molecule has 3 aromatic heterocycles. The summed E-state index contributed by atoms with van der Waals surface area (Å²) in [4.78, 5) is 35.1. The molecule has 0 saturated carbocycles. The summed E-state index contributed by atoms with van der Waals surface area (Å²) in [7, 11) is 0. The number of pyridine rings is 1. The second kappa shape index (κ2) is 10.5. The van der Waals surface area contributed by atoms with Crippen LogP contribution in [0.3, 0.4) is 0 Å². The standard InChI is InChI=1S/C24H24F3N5O5/c1-3-30-20-19(21(34)31(23(30)35)10-5-11-33)32(14-16-9-8-15(2)28-13-16)22(29-20)36-17-6-4-7-18(12-17)37-24(25,26)27/h4,6-9,12-13,33H,3,5,10-11,14H2,1-2H3. The number of aromatic nitrogens is 5. The Morgan fingerprint density at radius 1 is 1.05 bits per heavy atom. The summed E-state index contributed by atoms with van der Waals surface area (Å²) in [6, 6.07) is 8.36. The number of hydrogen-bond donors (Lipinski definition) is 1. The van der Waals surface area contributed by atoms with Gasteiger partial charge in [-0.3, -0.25) is 23.5 Å². The van der Waals surface area contributed by atoms with Crippen molar-refractivity contribution in [3.63, 3.8) is 0 Å². The monoisotopic (exact) mass is 519 g/mol. The number of benzene rings is 1. The number of aliphatic hydroxyl groups excluding tert-OH is 1. The van der Waals surface area contributed by atoms with Crippen molar-refractivity contribution < 1.29 is 27.8 Å². The molecular formula is C24H24F3N5O5. The molecule has 0 amide bonds. The van der Waals surface area contributed by atoms with Crippen LogP contribution >= 0.6 is 0 Å². The van der Waals surface area contributed by atoms with Gasteiger partial charge in [0.1, 0.15) is 11.5 Å². The summed E-state index contributed by atoms with van der Waals surface area (Å²) in [5, 5.41) is 9.23. The van der Waals surface area contributed by atoms with Crippen molar-refractivity contribution in [3.05, 3.63) is 74.7 Å². The highest BCUT2D eigenvalue weighted by Gasteiger charge is 2.31. The van der Waals surface area contributed by atoms with Gasteiger partial charge in [-0.25, -0.2) is 4.79 Å². The molecule has 0 aliphatic carbocycles. The predicted octanol–water partition coefficient (Wildman–Crippen LogP) is 3.20. The number of aliphatic hydroxyl groups is 1. The van der Waals surface area contributed by atoms with Crippen molar-refractivity contribution in [2.75, 3.05) is 6.61 Å². The number of imidazole rings is 1. The smallest absolute Gasteiger partial charge is 0.425 e. The van der Waals surface area contributed by atoms with Gasteiger partial charge in [0.2, 0.25) is 0 Å². The summed E-state index contributed by atoms with van der Waals surface area (Å²) < 4.78 is 51.7. The number of aryl methyl sites for hydroxylation is 2. The van der Waals surface area contributed by atoms with Gasteiger partial charge in [-0.1, -0.05) is 12.1 Å². The maximum atomic E-state index is 13.5. The molecule has 37 heavy (non-hydrogen) atoms. The zero-order valence-electron chi connectivity index (χ0n) is 20.0. The Kier molecular flexibility index (Phi) is 7.34. The Hall–Kier alpha value is -4.13. The summed E-state index contributed by atoms with van der Waals surface area (Å²) >= 11 is 0. The number of hydrogen-bond acceptors (Lipinski definition) is 7. The second-order valence-electron chi connectivity index (χ2n) is 8.15. The third-order valence-corrected chi connectivity index (χ3v) is 5.50. The fourth-order valence-electron chi connectivity index (χ4n) is 3.82. The third-order valence-electron chi connectivity index (χ3n) is 5.50. The first-order valence-electron chi connectivity index (χ1n) is 11.4. The molecule has 13 heteroatoms. The highest BCUT2D eigenvalue weighted by molar-refractivity contribution is 5.72. The molecule has 3 heterocycles. The number of ether oxygens (including phenoxy) is 2. The van der Waals surface area contributed by atoms with E-state index in [9.17, 15) is 27.9 Å². The van der Waals surface area contributed by atoms with Crippen LogP contribution in [0.5, 0.6) is 17.5 Å². The molecule has 1 aromatic carbocycles. The van der Waals surface area contributed by atoms with E-state index in [-0.39, 0.29) is 55.6 Å². The lowest BCUT2D eigenvalue weighted by atomic mass is 10.2. The minimum atomic E-state index is -4.89. The van der Waals surface area contributed by atoms with Crippen LogP contribution in [0.2, 0.25) is 0 Å². The Bertz CT molecular complexity index is 1520. The van der Waals surface area contributed by atoms with Crippen molar-refractivity contribution in [1.82, 2.24) is 23.7 Å².